The molecule has 0 aliphatic carbocycles. The van der Waals surface area contributed by atoms with Crippen LogP contribution < -0.4 is 10.4 Å². The van der Waals surface area contributed by atoms with Gasteiger partial charge in [-0.15, -0.1) is 4.68 Å². The maximum Gasteiger partial charge on any atom is 0.205 e. The third kappa shape index (κ3) is 0.852. The van der Waals surface area contributed by atoms with Crippen molar-refractivity contribution in [2.24, 2.45) is 7.05 Å². The number of fused-ring (bicyclic) bond motifs is 1. The molecule has 11 heavy (non-hydrogen) atoms. The number of hydrogen-bond acceptors (Lipinski definition) is 1. The first-order valence-corrected chi connectivity index (χ1v) is 3.50. The average Bonchev–Trinajstić information content (AvgIpc) is 2.31. The topological polar surface area (TPSA) is 45.7 Å². The number of anilines is 1. The van der Waals surface area contributed by atoms with E-state index in [0.717, 1.165) is 16.6 Å². The fourth-order valence-electron chi connectivity index (χ4n) is 1.24. The molecule has 56 valence electrons. The third-order valence-corrected chi connectivity index (χ3v) is 1.76. The summed E-state index contributed by atoms with van der Waals surface area (Å²) in [6.45, 7) is 0. The van der Waals surface area contributed by atoms with E-state index in [1.54, 1.807) is 0 Å². The van der Waals surface area contributed by atoms with Crippen LogP contribution in [0.3, 0.4) is 0 Å². The van der Waals surface area contributed by atoms with Crippen LogP contribution in [0, 0.1) is 0 Å². The molecule has 2 aromatic rings. The number of aromatic amines is 1. The van der Waals surface area contributed by atoms with Crippen LogP contribution in [0.15, 0.2) is 24.4 Å². The molecule has 0 saturated heterocycles. The summed E-state index contributed by atoms with van der Waals surface area (Å²) < 4.78 is 1.89. The molecule has 0 spiro atoms. The Kier molecular flexibility index (Phi) is 1.12. The Balaban J connectivity index is 2.90. The van der Waals surface area contributed by atoms with Crippen molar-refractivity contribution < 1.29 is 4.68 Å². The molecule has 3 nitrogen and oxygen atoms in total. The second-order valence-electron chi connectivity index (χ2n) is 2.66. The van der Waals surface area contributed by atoms with Gasteiger partial charge in [0.2, 0.25) is 6.20 Å². The van der Waals surface area contributed by atoms with Crippen LogP contribution in [-0.2, 0) is 7.05 Å². The van der Waals surface area contributed by atoms with Gasteiger partial charge in [0.1, 0.15) is 5.52 Å². The summed E-state index contributed by atoms with van der Waals surface area (Å²) in [5.41, 5.74) is 7.63. The van der Waals surface area contributed by atoms with Crippen molar-refractivity contribution in [3.63, 3.8) is 0 Å². The van der Waals surface area contributed by atoms with Crippen molar-refractivity contribution >= 4 is 16.6 Å². The summed E-state index contributed by atoms with van der Waals surface area (Å²) in [4.78, 5) is 0. The predicted octanol–water partition coefficient (Wildman–Crippen LogP) is 0.575. The molecule has 3 N–H and O–H groups in total. The van der Waals surface area contributed by atoms with Gasteiger partial charge in [0.15, 0.2) is 7.05 Å². The van der Waals surface area contributed by atoms with E-state index in [4.69, 9.17) is 5.73 Å². The minimum absolute atomic E-state index is 0.819. The standard InChI is InChI=1S/C8H9N3/c1-11-5-6-7(9)3-2-4-8(6)10-11/h2-5H,1H3,(H2,9,10)/p+1. The Bertz CT molecular complexity index is 389. The number of H-pyrrole nitrogens is 1. The molecule has 2 rings (SSSR count). The van der Waals surface area contributed by atoms with Gasteiger partial charge in [-0.1, -0.05) is 6.07 Å². The van der Waals surface area contributed by atoms with E-state index >= 15 is 0 Å². The first-order valence-electron chi connectivity index (χ1n) is 3.50. The van der Waals surface area contributed by atoms with Gasteiger partial charge in [0.05, 0.1) is 5.39 Å². The lowest BCUT2D eigenvalue weighted by molar-refractivity contribution is -0.724. The van der Waals surface area contributed by atoms with Crippen LogP contribution in [0.4, 0.5) is 5.69 Å². The molecule has 0 aliphatic heterocycles. The maximum absolute atomic E-state index is 5.74. The quantitative estimate of drug-likeness (QED) is 0.416. The number of benzene rings is 1. The van der Waals surface area contributed by atoms with Gasteiger partial charge in [0.25, 0.3) is 0 Å². The van der Waals surface area contributed by atoms with Crippen molar-refractivity contribution in [3.8, 4) is 0 Å². The molecule has 3 heteroatoms. The van der Waals surface area contributed by atoms with E-state index in [9.17, 15) is 0 Å². The summed E-state index contributed by atoms with van der Waals surface area (Å²) in [6.07, 6.45) is 1.98. The van der Waals surface area contributed by atoms with Gasteiger partial charge in [-0.2, -0.15) is 5.10 Å². The van der Waals surface area contributed by atoms with E-state index in [0.29, 0.717) is 0 Å². The number of aryl methyl sites for hydroxylation is 1. The van der Waals surface area contributed by atoms with Gasteiger partial charge in [-0.3, -0.25) is 0 Å². The molecule has 0 bridgehead atoms. The highest BCUT2D eigenvalue weighted by Crippen LogP contribution is 2.15. The summed E-state index contributed by atoms with van der Waals surface area (Å²) in [5, 5.41) is 4.21. The third-order valence-electron chi connectivity index (χ3n) is 1.76. The monoisotopic (exact) mass is 148 g/mol. The molecule has 0 atom stereocenters. The fraction of sp³-hybridized carbons (Fsp3) is 0.125. The highest BCUT2D eigenvalue weighted by molar-refractivity contribution is 5.88. The normalized spacial score (nSPS) is 10.6. The number of nitrogens with one attached hydrogen (secondary N) is 1. The van der Waals surface area contributed by atoms with Crippen molar-refractivity contribution in [2.75, 3.05) is 5.73 Å². The van der Waals surface area contributed by atoms with Gasteiger partial charge >= 0.3 is 0 Å². The number of nitrogen functional groups attached to an aromatic ring is 1. The highest BCUT2D eigenvalue weighted by atomic mass is 15.2. The summed E-state index contributed by atoms with van der Waals surface area (Å²) in [5.74, 6) is 0. The van der Waals surface area contributed by atoms with E-state index in [2.05, 4.69) is 5.10 Å². The molecule has 0 fully saturated rings. The molecule has 0 unspecified atom stereocenters. The summed E-state index contributed by atoms with van der Waals surface area (Å²) >= 11 is 0. The molecule has 0 saturated carbocycles. The lowest BCUT2D eigenvalue weighted by Crippen LogP contribution is -2.27. The Morgan fingerprint density at radius 2 is 2.27 bits per heavy atom. The van der Waals surface area contributed by atoms with E-state index < -0.39 is 0 Å². The van der Waals surface area contributed by atoms with Crippen LogP contribution in [0.25, 0.3) is 10.9 Å². The zero-order valence-corrected chi connectivity index (χ0v) is 6.33. The Hall–Kier alpha value is -1.51. The molecule has 0 radical (unpaired) electrons. The minimum atomic E-state index is 0.819. The Labute approximate surface area is 64.4 Å². The van der Waals surface area contributed by atoms with Crippen molar-refractivity contribution in [3.05, 3.63) is 24.4 Å². The zero-order valence-electron chi connectivity index (χ0n) is 6.33. The van der Waals surface area contributed by atoms with Gasteiger partial charge in [0, 0.05) is 5.69 Å². The average molecular weight is 148 g/mol. The Morgan fingerprint density at radius 3 is 3.00 bits per heavy atom. The summed E-state index contributed by atoms with van der Waals surface area (Å²) in [7, 11) is 1.94. The van der Waals surface area contributed by atoms with E-state index in [1.807, 2.05) is 36.1 Å². The van der Waals surface area contributed by atoms with Crippen LogP contribution in [0.5, 0.6) is 0 Å². The number of rotatable bonds is 0. The SMILES string of the molecule is C[n+]1cc2c(N)cccc2[nH]1. The number of aromatic nitrogens is 2. The predicted molar refractivity (Wildman–Crippen MR) is 43.9 cm³/mol. The van der Waals surface area contributed by atoms with Gasteiger partial charge in [-0.05, 0) is 12.1 Å². The molecule has 1 aromatic carbocycles. The fourth-order valence-corrected chi connectivity index (χ4v) is 1.24. The summed E-state index contributed by atoms with van der Waals surface area (Å²) in [6, 6.07) is 5.84. The van der Waals surface area contributed by atoms with Crippen molar-refractivity contribution in [1.29, 1.82) is 0 Å². The molecule has 0 aliphatic rings. The van der Waals surface area contributed by atoms with Gasteiger partial charge in [-0.25, -0.2) is 0 Å². The van der Waals surface area contributed by atoms with Crippen molar-refractivity contribution in [1.82, 2.24) is 5.10 Å². The molecule has 1 heterocycles. The first-order chi connectivity index (χ1) is 5.27. The lowest BCUT2D eigenvalue weighted by Gasteiger charge is -1.88. The highest BCUT2D eigenvalue weighted by Gasteiger charge is 2.04. The maximum atomic E-state index is 5.74. The second-order valence-corrected chi connectivity index (χ2v) is 2.66. The smallest absolute Gasteiger partial charge is 0.205 e. The number of nitrogens with two attached hydrogens (primary N) is 1. The van der Waals surface area contributed by atoms with E-state index in [-0.39, 0.29) is 0 Å². The molecule has 1 aromatic heterocycles. The molecular formula is C8H10N3+. The van der Waals surface area contributed by atoms with Crippen LogP contribution in [-0.4, -0.2) is 5.10 Å². The number of nitrogens with zero attached hydrogens (tertiary/aromatic N) is 1. The number of hydrogen-bond donors (Lipinski definition) is 2. The van der Waals surface area contributed by atoms with Crippen LogP contribution >= 0.6 is 0 Å². The Morgan fingerprint density at radius 1 is 1.45 bits per heavy atom. The van der Waals surface area contributed by atoms with Gasteiger partial charge < -0.3 is 5.73 Å². The second kappa shape index (κ2) is 1.99. The van der Waals surface area contributed by atoms with Crippen LogP contribution in [0.1, 0.15) is 0 Å². The zero-order chi connectivity index (χ0) is 7.84. The van der Waals surface area contributed by atoms with E-state index in [1.165, 1.54) is 0 Å². The van der Waals surface area contributed by atoms with Crippen LogP contribution in [0.2, 0.25) is 0 Å². The van der Waals surface area contributed by atoms with Crippen molar-refractivity contribution in [2.45, 2.75) is 0 Å². The molecular weight excluding hydrogens is 138 g/mol. The molecule has 0 amide bonds. The largest absolute Gasteiger partial charge is 0.398 e. The lowest BCUT2D eigenvalue weighted by atomic mass is 10.2. The minimum Gasteiger partial charge on any atom is -0.398 e. The first kappa shape index (κ1) is 6.22.